The number of fused-ring (bicyclic) bond motifs is 1. The van der Waals surface area contributed by atoms with Crippen LogP contribution in [0.5, 0.6) is 0 Å². The van der Waals surface area contributed by atoms with Gasteiger partial charge in [0.05, 0.1) is 24.0 Å². The van der Waals surface area contributed by atoms with Crippen LogP contribution in [0.3, 0.4) is 0 Å². The molecule has 0 radical (unpaired) electrons. The van der Waals surface area contributed by atoms with Gasteiger partial charge in [-0.1, -0.05) is 58.4 Å². The molecule has 1 aromatic carbocycles. The SMILES string of the molecule is C=CCCC(=O)OC[C@@H](NC(=O)[C@@H]1[C@H]2O[C@@]3(CC2Br)[C@H](C(=O)N(CC=C)C(C)C)N(CCCO)C(=O)[C@@H]13)c1ccccc1. The third kappa shape index (κ3) is 6.44. The summed E-state index contributed by atoms with van der Waals surface area (Å²) in [6, 6.07) is 7.42. The van der Waals surface area contributed by atoms with Gasteiger partial charge >= 0.3 is 5.97 Å². The van der Waals surface area contributed by atoms with Gasteiger partial charge in [0.15, 0.2) is 0 Å². The summed E-state index contributed by atoms with van der Waals surface area (Å²) >= 11 is 3.69. The van der Waals surface area contributed by atoms with E-state index in [0.29, 0.717) is 19.4 Å². The molecule has 1 unspecified atom stereocenters. The summed E-state index contributed by atoms with van der Waals surface area (Å²) in [7, 11) is 0. The minimum atomic E-state index is -1.21. The second kappa shape index (κ2) is 14.2. The topological polar surface area (TPSA) is 125 Å². The number of aliphatic hydroxyl groups excluding tert-OH is 1. The number of carbonyl (C=O) groups is 4. The molecule has 0 saturated carbocycles. The second-order valence-corrected chi connectivity index (χ2v) is 12.8. The molecule has 3 amide bonds. The van der Waals surface area contributed by atoms with Gasteiger partial charge in [-0.25, -0.2) is 0 Å². The van der Waals surface area contributed by atoms with Crippen molar-refractivity contribution in [2.75, 3.05) is 26.3 Å². The molecule has 1 spiro atoms. The molecule has 1 aromatic rings. The first-order valence-electron chi connectivity index (χ1n) is 14.9. The van der Waals surface area contributed by atoms with Gasteiger partial charge < -0.3 is 29.7 Å². The van der Waals surface area contributed by atoms with Crippen molar-refractivity contribution >= 4 is 39.6 Å². The van der Waals surface area contributed by atoms with Gasteiger partial charge in [0.2, 0.25) is 17.7 Å². The zero-order valence-corrected chi connectivity index (χ0v) is 26.4. The Kier molecular flexibility index (Phi) is 10.8. The molecule has 3 heterocycles. The second-order valence-electron chi connectivity index (χ2n) is 11.6. The van der Waals surface area contributed by atoms with E-state index < -0.39 is 47.5 Å². The van der Waals surface area contributed by atoms with E-state index in [1.165, 1.54) is 4.90 Å². The fraction of sp³-hybridized carbons (Fsp3) is 0.562. The van der Waals surface area contributed by atoms with E-state index in [1.807, 2.05) is 44.2 Å². The zero-order valence-electron chi connectivity index (χ0n) is 24.8. The number of aliphatic hydroxyl groups is 1. The van der Waals surface area contributed by atoms with Gasteiger partial charge in [-0.2, -0.15) is 0 Å². The van der Waals surface area contributed by atoms with Crippen molar-refractivity contribution in [1.29, 1.82) is 0 Å². The van der Waals surface area contributed by atoms with Crippen molar-refractivity contribution in [3.8, 4) is 0 Å². The number of alkyl halides is 1. The molecule has 3 aliphatic rings. The molecule has 3 saturated heterocycles. The lowest BCUT2D eigenvalue weighted by Crippen LogP contribution is -2.58. The van der Waals surface area contributed by atoms with Crippen LogP contribution in [0, 0.1) is 11.8 Å². The highest BCUT2D eigenvalue weighted by atomic mass is 79.9. The Bertz CT molecular complexity index is 1210. The normalized spacial score (nSPS) is 28.0. The summed E-state index contributed by atoms with van der Waals surface area (Å²) in [4.78, 5) is 57.6. The van der Waals surface area contributed by atoms with E-state index in [9.17, 15) is 24.3 Å². The Morgan fingerprint density at radius 3 is 2.60 bits per heavy atom. The fourth-order valence-corrected chi connectivity index (χ4v) is 7.63. The number of halogens is 1. The first-order chi connectivity index (χ1) is 20.6. The summed E-state index contributed by atoms with van der Waals surface area (Å²) in [5, 5.41) is 12.6. The maximum atomic E-state index is 14.2. The predicted octanol–water partition coefficient (Wildman–Crippen LogP) is 2.91. The van der Waals surface area contributed by atoms with Crippen molar-refractivity contribution in [3.05, 3.63) is 61.2 Å². The third-order valence-electron chi connectivity index (χ3n) is 8.60. The zero-order chi connectivity index (χ0) is 31.3. The molecule has 3 fully saturated rings. The first-order valence-corrected chi connectivity index (χ1v) is 15.8. The molecule has 3 aliphatic heterocycles. The highest BCUT2D eigenvalue weighted by molar-refractivity contribution is 9.09. The van der Waals surface area contributed by atoms with Gasteiger partial charge in [-0.3, -0.25) is 19.2 Å². The summed E-state index contributed by atoms with van der Waals surface area (Å²) in [5.41, 5.74) is -0.466. The number of nitrogens with one attached hydrogen (secondary N) is 1. The predicted molar refractivity (Wildman–Crippen MR) is 164 cm³/mol. The summed E-state index contributed by atoms with van der Waals surface area (Å²) in [5.74, 6) is -3.17. The molecule has 0 aliphatic carbocycles. The number of hydrogen-bond acceptors (Lipinski definition) is 7. The largest absolute Gasteiger partial charge is 0.463 e. The molecular formula is C32H42BrN3O7. The molecule has 2 bridgehead atoms. The molecule has 0 aromatic heterocycles. The number of likely N-dealkylation sites (tertiary alicyclic amines) is 1. The minimum absolute atomic E-state index is 0.0832. The summed E-state index contributed by atoms with van der Waals surface area (Å²) in [6.07, 6.45) is 3.97. The highest BCUT2D eigenvalue weighted by Gasteiger charge is 2.76. The van der Waals surface area contributed by atoms with Gasteiger partial charge in [0.1, 0.15) is 18.2 Å². The summed E-state index contributed by atoms with van der Waals surface area (Å²) in [6.45, 7) is 11.4. The number of hydrogen-bond donors (Lipinski definition) is 2. The maximum Gasteiger partial charge on any atom is 0.306 e. The molecule has 4 rings (SSSR count). The molecule has 10 nitrogen and oxygen atoms in total. The number of esters is 1. The van der Waals surface area contributed by atoms with E-state index in [2.05, 4.69) is 34.4 Å². The lowest BCUT2D eigenvalue weighted by molar-refractivity contribution is -0.149. The summed E-state index contributed by atoms with van der Waals surface area (Å²) < 4.78 is 12.1. The lowest BCUT2D eigenvalue weighted by Gasteiger charge is -2.38. The quantitative estimate of drug-likeness (QED) is 0.169. The van der Waals surface area contributed by atoms with Gasteiger partial charge in [-0.05, 0) is 38.7 Å². The third-order valence-corrected chi connectivity index (χ3v) is 9.44. The van der Waals surface area contributed by atoms with E-state index in [1.54, 1.807) is 17.1 Å². The van der Waals surface area contributed by atoms with Crippen LogP contribution in [0.4, 0.5) is 0 Å². The van der Waals surface area contributed by atoms with Crippen LogP contribution in [-0.2, 0) is 28.7 Å². The van der Waals surface area contributed by atoms with Crippen molar-refractivity contribution in [2.45, 2.75) is 74.2 Å². The van der Waals surface area contributed by atoms with Gasteiger partial charge in [0, 0.05) is 37.0 Å². The Morgan fingerprint density at radius 2 is 1.98 bits per heavy atom. The maximum absolute atomic E-state index is 14.2. The molecule has 7 atom stereocenters. The van der Waals surface area contributed by atoms with Crippen LogP contribution in [0.2, 0.25) is 0 Å². The van der Waals surface area contributed by atoms with Crippen LogP contribution < -0.4 is 5.32 Å². The molecule has 11 heteroatoms. The van der Waals surface area contributed by atoms with Crippen molar-refractivity contribution in [3.63, 3.8) is 0 Å². The monoisotopic (exact) mass is 659 g/mol. The average Bonchev–Trinajstić information content (AvgIpc) is 3.58. The van der Waals surface area contributed by atoms with Crippen molar-refractivity contribution in [2.24, 2.45) is 11.8 Å². The van der Waals surface area contributed by atoms with E-state index in [4.69, 9.17) is 9.47 Å². The number of allylic oxidation sites excluding steroid dienone is 1. The van der Waals surface area contributed by atoms with Crippen molar-refractivity contribution in [1.82, 2.24) is 15.1 Å². The molecular weight excluding hydrogens is 618 g/mol. The van der Waals surface area contributed by atoms with Crippen LogP contribution in [-0.4, -0.2) is 93.5 Å². The minimum Gasteiger partial charge on any atom is -0.463 e. The standard InChI is InChI=1S/C32H42BrN3O7/c1-5-7-14-24(38)42-19-23(21-12-9-8-10-13-21)34-29(39)25-26-30(40)36(16-11-17-37)28(31(41)35(15-6-2)20(3)4)32(26)18-22(33)27(25)43-32/h5-6,8-10,12-13,20,22-23,25-28,37H,1-2,7,11,14-19H2,3-4H3,(H,34,39)/t22?,23-,25+,26-,27+,28+,32-/m1/s1. The van der Waals surface area contributed by atoms with E-state index in [0.717, 1.165) is 5.56 Å². The fourth-order valence-electron chi connectivity index (χ4n) is 6.68. The van der Waals surface area contributed by atoms with Gasteiger partial charge in [0.25, 0.3) is 0 Å². The van der Waals surface area contributed by atoms with Crippen LogP contribution in [0.1, 0.15) is 51.1 Å². The van der Waals surface area contributed by atoms with Crippen molar-refractivity contribution < 1.29 is 33.8 Å². The number of ether oxygens (including phenoxy) is 2. The lowest BCUT2D eigenvalue weighted by atomic mass is 9.70. The average molecular weight is 661 g/mol. The van der Waals surface area contributed by atoms with Crippen LogP contribution >= 0.6 is 15.9 Å². The van der Waals surface area contributed by atoms with Gasteiger partial charge in [-0.15, -0.1) is 13.2 Å². The van der Waals surface area contributed by atoms with E-state index in [-0.39, 0.29) is 55.3 Å². The number of benzene rings is 1. The number of rotatable bonds is 15. The number of nitrogens with zero attached hydrogens (tertiary/aromatic N) is 2. The Hall–Kier alpha value is -3.02. The number of amides is 3. The smallest absolute Gasteiger partial charge is 0.306 e. The van der Waals surface area contributed by atoms with E-state index >= 15 is 0 Å². The molecule has 234 valence electrons. The highest BCUT2D eigenvalue weighted by Crippen LogP contribution is 2.60. The Labute approximate surface area is 261 Å². The Morgan fingerprint density at radius 1 is 1.26 bits per heavy atom. The molecule has 2 N–H and O–H groups in total. The van der Waals surface area contributed by atoms with Crippen LogP contribution in [0.15, 0.2) is 55.6 Å². The Balaban J connectivity index is 1.65. The number of carbonyl (C=O) groups excluding carboxylic acids is 4. The molecule has 43 heavy (non-hydrogen) atoms. The van der Waals surface area contributed by atoms with Crippen LogP contribution in [0.25, 0.3) is 0 Å². The first kappa shape index (κ1) is 32.9.